The molecule has 0 saturated carbocycles. The molecule has 1 amide bonds. The minimum absolute atomic E-state index is 0.324. The molecular weight excluding hydrogens is 304 g/mol. The molecule has 6 heteroatoms. The summed E-state index contributed by atoms with van der Waals surface area (Å²) in [7, 11) is 1.77. The van der Waals surface area contributed by atoms with Crippen LogP contribution in [0.4, 0.5) is 0 Å². The van der Waals surface area contributed by atoms with Gasteiger partial charge in [-0.15, -0.1) is 0 Å². The van der Waals surface area contributed by atoms with E-state index in [1.54, 1.807) is 7.11 Å². The summed E-state index contributed by atoms with van der Waals surface area (Å²) in [5.41, 5.74) is 0. The summed E-state index contributed by atoms with van der Waals surface area (Å²) in [6, 6.07) is 0. The highest BCUT2D eigenvalue weighted by molar-refractivity contribution is 5.80. The van der Waals surface area contributed by atoms with Gasteiger partial charge in [0.2, 0.25) is 5.91 Å². The van der Waals surface area contributed by atoms with Crippen molar-refractivity contribution in [2.45, 2.75) is 45.4 Å². The summed E-state index contributed by atoms with van der Waals surface area (Å²) < 4.78 is 5.28. The van der Waals surface area contributed by atoms with E-state index in [2.05, 4.69) is 17.1 Å². The first-order valence-corrected chi connectivity index (χ1v) is 9.54. The Labute approximate surface area is 146 Å². The fraction of sp³-hybridized carbons (Fsp3) is 0.889. The van der Waals surface area contributed by atoms with Crippen LogP contribution in [0.25, 0.3) is 0 Å². The van der Waals surface area contributed by atoms with Crippen molar-refractivity contribution in [1.29, 1.82) is 0 Å². The largest absolute Gasteiger partial charge is 0.384 e. The maximum Gasteiger partial charge on any atom is 0.222 e. The van der Waals surface area contributed by atoms with E-state index in [0.717, 1.165) is 77.5 Å². The number of methoxy groups -OCH3 is 1. The van der Waals surface area contributed by atoms with Crippen LogP contribution in [0.1, 0.15) is 45.4 Å². The molecule has 24 heavy (non-hydrogen) atoms. The second kappa shape index (κ2) is 10.5. The molecule has 0 spiro atoms. The van der Waals surface area contributed by atoms with E-state index in [1.165, 1.54) is 12.8 Å². The van der Waals surface area contributed by atoms with Crippen LogP contribution in [-0.4, -0.2) is 74.7 Å². The maximum absolute atomic E-state index is 12.0. The lowest BCUT2D eigenvalue weighted by atomic mass is 10.1. The SMILES string of the molecule is CCNC(=NCCCN1CCCCCC1=O)N1CCC(COC)C1. The number of likely N-dealkylation sites (tertiary alicyclic amines) is 2. The van der Waals surface area contributed by atoms with Gasteiger partial charge in [-0.05, 0) is 32.6 Å². The maximum atomic E-state index is 12.0. The van der Waals surface area contributed by atoms with Crippen molar-refractivity contribution in [2.24, 2.45) is 10.9 Å². The molecule has 1 atom stereocenters. The average Bonchev–Trinajstić information content (AvgIpc) is 2.94. The van der Waals surface area contributed by atoms with Gasteiger partial charge in [0, 0.05) is 58.7 Å². The lowest BCUT2D eigenvalue weighted by molar-refractivity contribution is -0.130. The summed E-state index contributed by atoms with van der Waals surface area (Å²) >= 11 is 0. The zero-order chi connectivity index (χ0) is 17.2. The number of nitrogens with one attached hydrogen (secondary N) is 1. The van der Waals surface area contributed by atoms with Crippen molar-refractivity contribution in [1.82, 2.24) is 15.1 Å². The van der Waals surface area contributed by atoms with Crippen molar-refractivity contribution < 1.29 is 9.53 Å². The molecule has 2 saturated heterocycles. The number of amides is 1. The van der Waals surface area contributed by atoms with Gasteiger partial charge < -0.3 is 19.9 Å². The van der Waals surface area contributed by atoms with Crippen LogP contribution < -0.4 is 5.32 Å². The Morgan fingerprint density at radius 1 is 1.33 bits per heavy atom. The molecule has 0 aromatic rings. The van der Waals surface area contributed by atoms with E-state index in [1.807, 2.05) is 4.90 Å². The zero-order valence-corrected chi connectivity index (χ0v) is 15.4. The van der Waals surface area contributed by atoms with E-state index in [9.17, 15) is 4.79 Å². The summed E-state index contributed by atoms with van der Waals surface area (Å²) in [4.78, 5) is 21.2. The quantitative estimate of drug-likeness (QED) is 0.436. The van der Waals surface area contributed by atoms with Gasteiger partial charge >= 0.3 is 0 Å². The number of nitrogens with zero attached hydrogens (tertiary/aromatic N) is 3. The fourth-order valence-electron chi connectivity index (χ4n) is 3.54. The predicted molar refractivity (Wildman–Crippen MR) is 97.2 cm³/mol. The number of hydrogen-bond acceptors (Lipinski definition) is 3. The third kappa shape index (κ3) is 5.96. The topological polar surface area (TPSA) is 57.2 Å². The standard InChI is InChI=1S/C18H34N4O2/c1-3-19-18(22-13-9-16(14-22)15-24-2)20-10-7-12-21-11-6-4-5-8-17(21)23/h16H,3-15H2,1-2H3,(H,19,20). The molecule has 0 radical (unpaired) electrons. The summed E-state index contributed by atoms with van der Waals surface area (Å²) in [5, 5.41) is 3.40. The predicted octanol–water partition coefficient (Wildman–Crippen LogP) is 1.71. The van der Waals surface area contributed by atoms with Crippen molar-refractivity contribution >= 4 is 11.9 Å². The third-order valence-electron chi connectivity index (χ3n) is 4.84. The Bertz CT molecular complexity index is 414. The van der Waals surface area contributed by atoms with Crippen LogP contribution in [0, 0.1) is 5.92 Å². The number of aliphatic imine (C=N–C) groups is 1. The van der Waals surface area contributed by atoms with Gasteiger partial charge in [-0.2, -0.15) is 0 Å². The van der Waals surface area contributed by atoms with Crippen LogP contribution in [0.15, 0.2) is 4.99 Å². The minimum Gasteiger partial charge on any atom is -0.384 e. The van der Waals surface area contributed by atoms with Crippen LogP contribution in [0.5, 0.6) is 0 Å². The smallest absolute Gasteiger partial charge is 0.222 e. The molecule has 0 bridgehead atoms. The molecule has 1 N–H and O–H groups in total. The first-order chi connectivity index (χ1) is 11.7. The van der Waals surface area contributed by atoms with Crippen LogP contribution in [0.3, 0.4) is 0 Å². The lowest BCUT2D eigenvalue weighted by Gasteiger charge is -2.22. The molecular formula is C18H34N4O2. The monoisotopic (exact) mass is 338 g/mol. The highest BCUT2D eigenvalue weighted by Crippen LogP contribution is 2.16. The van der Waals surface area contributed by atoms with E-state index in [0.29, 0.717) is 11.8 Å². The number of carbonyl (C=O) groups excluding carboxylic acids is 1. The van der Waals surface area contributed by atoms with E-state index < -0.39 is 0 Å². The van der Waals surface area contributed by atoms with Crippen LogP contribution in [-0.2, 0) is 9.53 Å². The molecule has 2 aliphatic rings. The molecule has 2 fully saturated rings. The first kappa shape index (κ1) is 19.0. The Balaban J connectivity index is 1.77. The van der Waals surface area contributed by atoms with Gasteiger partial charge in [0.25, 0.3) is 0 Å². The number of rotatable bonds is 7. The third-order valence-corrected chi connectivity index (χ3v) is 4.84. The lowest BCUT2D eigenvalue weighted by Crippen LogP contribution is -2.40. The van der Waals surface area contributed by atoms with Crippen LogP contribution in [0.2, 0.25) is 0 Å². The second-order valence-electron chi connectivity index (χ2n) is 6.84. The Hall–Kier alpha value is -1.30. The van der Waals surface area contributed by atoms with Gasteiger partial charge in [0.15, 0.2) is 5.96 Å². The second-order valence-corrected chi connectivity index (χ2v) is 6.84. The molecule has 0 aliphatic carbocycles. The number of hydrogen-bond donors (Lipinski definition) is 1. The van der Waals surface area contributed by atoms with Gasteiger partial charge in [-0.3, -0.25) is 9.79 Å². The normalized spacial score (nSPS) is 22.8. The Morgan fingerprint density at radius 2 is 2.21 bits per heavy atom. The Kier molecular flexibility index (Phi) is 8.36. The van der Waals surface area contributed by atoms with Crippen molar-refractivity contribution in [2.75, 3.05) is 53.0 Å². The van der Waals surface area contributed by atoms with Gasteiger partial charge in [-0.25, -0.2) is 0 Å². The molecule has 0 aromatic carbocycles. The van der Waals surface area contributed by atoms with E-state index in [4.69, 9.17) is 9.73 Å². The summed E-state index contributed by atoms with van der Waals surface area (Å²) in [6.07, 6.45) is 6.21. The number of guanidine groups is 1. The molecule has 138 valence electrons. The molecule has 2 rings (SSSR count). The van der Waals surface area contributed by atoms with Gasteiger partial charge in [0.1, 0.15) is 0 Å². The van der Waals surface area contributed by atoms with Crippen molar-refractivity contribution in [3.05, 3.63) is 0 Å². The number of carbonyl (C=O) groups is 1. The summed E-state index contributed by atoms with van der Waals surface area (Å²) in [6.45, 7) is 8.42. The van der Waals surface area contributed by atoms with Crippen molar-refractivity contribution in [3.8, 4) is 0 Å². The summed E-state index contributed by atoms with van der Waals surface area (Å²) in [5.74, 6) is 1.94. The molecule has 2 aliphatic heterocycles. The highest BCUT2D eigenvalue weighted by atomic mass is 16.5. The molecule has 0 aromatic heterocycles. The van der Waals surface area contributed by atoms with Gasteiger partial charge in [-0.1, -0.05) is 6.42 Å². The first-order valence-electron chi connectivity index (χ1n) is 9.54. The average molecular weight is 338 g/mol. The molecule has 1 unspecified atom stereocenters. The number of ether oxygens (including phenoxy) is 1. The fourth-order valence-corrected chi connectivity index (χ4v) is 3.54. The Morgan fingerprint density at radius 3 is 3.00 bits per heavy atom. The molecule has 2 heterocycles. The zero-order valence-electron chi connectivity index (χ0n) is 15.4. The highest BCUT2D eigenvalue weighted by Gasteiger charge is 2.24. The van der Waals surface area contributed by atoms with Gasteiger partial charge in [0.05, 0.1) is 6.61 Å². The van der Waals surface area contributed by atoms with E-state index >= 15 is 0 Å². The van der Waals surface area contributed by atoms with E-state index in [-0.39, 0.29) is 0 Å². The molecule has 6 nitrogen and oxygen atoms in total. The minimum atomic E-state index is 0.324. The van der Waals surface area contributed by atoms with Crippen LogP contribution >= 0.6 is 0 Å². The van der Waals surface area contributed by atoms with Crippen molar-refractivity contribution in [3.63, 3.8) is 0 Å².